The Hall–Kier alpha value is -2.29. The van der Waals surface area contributed by atoms with Gasteiger partial charge >= 0.3 is 5.97 Å². The van der Waals surface area contributed by atoms with E-state index < -0.39 is 0 Å². The molecular formula is C17H19NO2. The average Bonchev–Trinajstić information content (AvgIpc) is 2.49. The topological polar surface area (TPSA) is 38.3 Å². The summed E-state index contributed by atoms with van der Waals surface area (Å²) in [5.41, 5.74) is 3.24. The van der Waals surface area contributed by atoms with Crippen molar-refractivity contribution in [2.24, 2.45) is 0 Å². The number of benzene rings is 2. The van der Waals surface area contributed by atoms with E-state index in [1.54, 1.807) is 13.8 Å². The summed E-state index contributed by atoms with van der Waals surface area (Å²) in [4.78, 5) is 11.6. The minimum Gasteiger partial charge on any atom is -0.464 e. The number of anilines is 1. The van der Waals surface area contributed by atoms with E-state index >= 15 is 0 Å². The highest BCUT2D eigenvalue weighted by Gasteiger charge is 2.13. The zero-order valence-corrected chi connectivity index (χ0v) is 11.8. The van der Waals surface area contributed by atoms with Crippen LogP contribution >= 0.6 is 0 Å². The second-order valence-corrected chi connectivity index (χ2v) is 4.56. The SMILES string of the molecule is CCOC(=O)[C@H](C)Nc1ccc(-c2ccccc2)cc1. The maximum atomic E-state index is 11.6. The van der Waals surface area contributed by atoms with Crippen LogP contribution in [0.4, 0.5) is 5.69 Å². The van der Waals surface area contributed by atoms with Gasteiger partial charge in [0.05, 0.1) is 6.61 Å². The highest BCUT2D eigenvalue weighted by molar-refractivity contribution is 5.79. The molecule has 104 valence electrons. The van der Waals surface area contributed by atoms with Crippen molar-refractivity contribution >= 4 is 11.7 Å². The third kappa shape index (κ3) is 3.60. The van der Waals surface area contributed by atoms with Crippen LogP contribution in [-0.4, -0.2) is 18.6 Å². The van der Waals surface area contributed by atoms with Gasteiger partial charge in [0, 0.05) is 5.69 Å². The Morgan fingerprint density at radius 2 is 1.65 bits per heavy atom. The molecule has 1 N–H and O–H groups in total. The van der Waals surface area contributed by atoms with E-state index in [1.165, 1.54) is 5.56 Å². The molecule has 0 saturated heterocycles. The predicted molar refractivity (Wildman–Crippen MR) is 81.6 cm³/mol. The van der Waals surface area contributed by atoms with Crippen molar-refractivity contribution < 1.29 is 9.53 Å². The van der Waals surface area contributed by atoms with E-state index in [9.17, 15) is 4.79 Å². The molecular weight excluding hydrogens is 250 g/mol. The molecule has 1 atom stereocenters. The van der Waals surface area contributed by atoms with Gasteiger partial charge in [-0.05, 0) is 37.1 Å². The first kappa shape index (κ1) is 14.1. The largest absolute Gasteiger partial charge is 0.464 e. The summed E-state index contributed by atoms with van der Waals surface area (Å²) in [6.45, 7) is 4.00. The Labute approximate surface area is 119 Å². The lowest BCUT2D eigenvalue weighted by Crippen LogP contribution is -2.28. The first-order chi connectivity index (χ1) is 9.70. The van der Waals surface area contributed by atoms with Crippen LogP contribution in [0.2, 0.25) is 0 Å². The first-order valence-corrected chi connectivity index (χ1v) is 6.79. The number of hydrogen-bond acceptors (Lipinski definition) is 3. The smallest absolute Gasteiger partial charge is 0.328 e. The molecule has 0 saturated carbocycles. The van der Waals surface area contributed by atoms with Gasteiger partial charge in [0.1, 0.15) is 6.04 Å². The van der Waals surface area contributed by atoms with Crippen molar-refractivity contribution in [1.82, 2.24) is 0 Å². The molecule has 3 heteroatoms. The van der Waals surface area contributed by atoms with E-state index in [0.29, 0.717) is 6.61 Å². The molecule has 0 bridgehead atoms. The lowest BCUT2D eigenvalue weighted by atomic mass is 10.1. The molecule has 2 rings (SSSR count). The Kier molecular flexibility index (Phi) is 4.77. The maximum absolute atomic E-state index is 11.6. The average molecular weight is 269 g/mol. The number of ether oxygens (including phenoxy) is 1. The number of nitrogens with one attached hydrogen (secondary N) is 1. The fourth-order valence-electron chi connectivity index (χ4n) is 1.97. The maximum Gasteiger partial charge on any atom is 0.328 e. The molecule has 2 aromatic carbocycles. The Morgan fingerprint density at radius 3 is 2.25 bits per heavy atom. The minimum atomic E-state index is -0.350. The molecule has 0 amide bonds. The molecule has 2 aromatic rings. The second-order valence-electron chi connectivity index (χ2n) is 4.56. The van der Waals surface area contributed by atoms with Gasteiger partial charge in [-0.2, -0.15) is 0 Å². The molecule has 0 fully saturated rings. The monoisotopic (exact) mass is 269 g/mol. The second kappa shape index (κ2) is 6.75. The summed E-state index contributed by atoms with van der Waals surface area (Å²) in [5, 5.41) is 3.13. The number of carbonyl (C=O) groups is 1. The van der Waals surface area contributed by atoms with E-state index in [2.05, 4.69) is 17.4 Å². The molecule has 0 aromatic heterocycles. The summed E-state index contributed by atoms with van der Waals surface area (Å²) < 4.78 is 4.97. The van der Waals surface area contributed by atoms with Crippen LogP contribution in [0.5, 0.6) is 0 Å². The van der Waals surface area contributed by atoms with Crippen LogP contribution in [0.3, 0.4) is 0 Å². The number of rotatable bonds is 5. The zero-order valence-electron chi connectivity index (χ0n) is 11.8. The van der Waals surface area contributed by atoms with Crippen LogP contribution < -0.4 is 5.32 Å². The van der Waals surface area contributed by atoms with E-state index in [0.717, 1.165) is 11.3 Å². The summed E-state index contributed by atoms with van der Waals surface area (Å²) in [7, 11) is 0. The van der Waals surface area contributed by atoms with Gasteiger partial charge in [0.15, 0.2) is 0 Å². The van der Waals surface area contributed by atoms with Crippen molar-refractivity contribution in [3.05, 3.63) is 54.6 Å². The summed E-state index contributed by atoms with van der Waals surface area (Å²) in [5.74, 6) is -0.236. The summed E-state index contributed by atoms with van der Waals surface area (Å²) in [6.07, 6.45) is 0. The molecule has 0 aliphatic carbocycles. The number of esters is 1. The fraction of sp³-hybridized carbons (Fsp3) is 0.235. The lowest BCUT2D eigenvalue weighted by Gasteiger charge is -2.14. The molecule has 3 nitrogen and oxygen atoms in total. The third-order valence-corrected chi connectivity index (χ3v) is 3.02. The van der Waals surface area contributed by atoms with Crippen molar-refractivity contribution in [3.63, 3.8) is 0 Å². The zero-order chi connectivity index (χ0) is 14.4. The van der Waals surface area contributed by atoms with Crippen LogP contribution in [0, 0.1) is 0 Å². The molecule has 0 aliphatic rings. The van der Waals surface area contributed by atoms with Crippen LogP contribution in [0.15, 0.2) is 54.6 Å². The van der Waals surface area contributed by atoms with Gasteiger partial charge < -0.3 is 10.1 Å². The van der Waals surface area contributed by atoms with Crippen molar-refractivity contribution in [2.75, 3.05) is 11.9 Å². The quantitative estimate of drug-likeness (QED) is 0.841. The fourth-order valence-corrected chi connectivity index (χ4v) is 1.97. The standard InChI is InChI=1S/C17H19NO2/c1-3-20-17(19)13(2)18-16-11-9-15(10-12-16)14-7-5-4-6-8-14/h4-13,18H,3H2,1-2H3/t13-/m0/s1. The summed E-state index contributed by atoms with van der Waals surface area (Å²) in [6, 6.07) is 17.8. The third-order valence-electron chi connectivity index (χ3n) is 3.02. The Bertz CT molecular complexity index is 549. The van der Waals surface area contributed by atoms with Crippen molar-refractivity contribution in [1.29, 1.82) is 0 Å². The van der Waals surface area contributed by atoms with Gasteiger partial charge in [-0.15, -0.1) is 0 Å². The Morgan fingerprint density at radius 1 is 1.05 bits per heavy atom. The Balaban J connectivity index is 2.04. The van der Waals surface area contributed by atoms with E-state index in [1.807, 2.05) is 42.5 Å². The van der Waals surface area contributed by atoms with Gasteiger partial charge in [-0.1, -0.05) is 42.5 Å². The van der Waals surface area contributed by atoms with Gasteiger partial charge in [0.25, 0.3) is 0 Å². The molecule has 0 aliphatic heterocycles. The molecule has 20 heavy (non-hydrogen) atoms. The first-order valence-electron chi connectivity index (χ1n) is 6.79. The van der Waals surface area contributed by atoms with Crippen LogP contribution in [0.25, 0.3) is 11.1 Å². The normalized spacial score (nSPS) is 11.7. The van der Waals surface area contributed by atoms with Crippen LogP contribution in [-0.2, 0) is 9.53 Å². The molecule has 0 radical (unpaired) electrons. The molecule has 0 spiro atoms. The van der Waals surface area contributed by atoms with Gasteiger partial charge in [-0.25, -0.2) is 4.79 Å². The summed E-state index contributed by atoms with van der Waals surface area (Å²) >= 11 is 0. The highest BCUT2D eigenvalue weighted by atomic mass is 16.5. The van der Waals surface area contributed by atoms with E-state index in [-0.39, 0.29) is 12.0 Å². The van der Waals surface area contributed by atoms with Gasteiger partial charge in [-0.3, -0.25) is 0 Å². The van der Waals surface area contributed by atoms with Gasteiger partial charge in [0.2, 0.25) is 0 Å². The van der Waals surface area contributed by atoms with E-state index in [4.69, 9.17) is 4.74 Å². The molecule has 0 unspecified atom stereocenters. The van der Waals surface area contributed by atoms with Crippen molar-refractivity contribution in [2.45, 2.75) is 19.9 Å². The van der Waals surface area contributed by atoms with Crippen molar-refractivity contribution in [3.8, 4) is 11.1 Å². The molecule has 0 heterocycles. The minimum absolute atomic E-state index is 0.236. The lowest BCUT2D eigenvalue weighted by molar-refractivity contribution is -0.143. The highest BCUT2D eigenvalue weighted by Crippen LogP contribution is 2.21. The predicted octanol–water partition coefficient (Wildman–Crippen LogP) is 3.72. The van der Waals surface area contributed by atoms with Crippen LogP contribution in [0.1, 0.15) is 13.8 Å². The number of hydrogen-bond donors (Lipinski definition) is 1. The number of carbonyl (C=O) groups excluding carboxylic acids is 1.